The van der Waals surface area contributed by atoms with Gasteiger partial charge in [-0.2, -0.15) is 5.26 Å². The van der Waals surface area contributed by atoms with Crippen LogP contribution in [0.5, 0.6) is 0 Å². The van der Waals surface area contributed by atoms with Gasteiger partial charge in [0.2, 0.25) is 15.9 Å². The maximum absolute atomic E-state index is 12.3. The molecule has 0 bridgehead atoms. The van der Waals surface area contributed by atoms with Crippen LogP contribution in [0.25, 0.3) is 0 Å². The van der Waals surface area contributed by atoms with Crippen LogP contribution in [0, 0.1) is 17.2 Å². The SMILES string of the molecule is N#CCCCCN1CCC(C(=O)Nc2ccc(S(N)(=O)=O)cc2)CC1. The molecule has 0 radical (unpaired) electrons. The molecule has 0 spiro atoms. The Morgan fingerprint density at radius 3 is 2.44 bits per heavy atom. The number of sulfonamides is 1. The van der Waals surface area contributed by atoms with Crippen LogP contribution in [-0.4, -0.2) is 38.9 Å². The Hall–Kier alpha value is -1.95. The van der Waals surface area contributed by atoms with Crippen molar-refractivity contribution in [1.29, 1.82) is 5.26 Å². The lowest BCUT2D eigenvalue weighted by Gasteiger charge is -2.31. The number of carbonyl (C=O) groups is 1. The lowest BCUT2D eigenvalue weighted by molar-refractivity contribution is -0.121. The molecule has 0 aliphatic carbocycles. The van der Waals surface area contributed by atoms with E-state index in [0.717, 1.165) is 45.3 Å². The Labute approximate surface area is 148 Å². The number of unbranched alkanes of at least 4 members (excludes halogenated alkanes) is 2. The summed E-state index contributed by atoms with van der Waals surface area (Å²) >= 11 is 0. The number of nitrogens with two attached hydrogens (primary N) is 1. The maximum atomic E-state index is 12.3. The van der Waals surface area contributed by atoms with Gasteiger partial charge >= 0.3 is 0 Å². The van der Waals surface area contributed by atoms with Gasteiger partial charge in [0.25, 0.3) is 0 Å². The third-order valence-corrected chi connectivity index (χ3v) is 5.35. The highest BCUT2D eigenvalue weighted by atomic mass is 32.2. The van der Waals surface area contributed by atoms with E-state index < -0.39 is 10.0 Å². The van der Waals surface area contributed by atoms with Gasteiger partial charge in [-0.1, -0.05) is 0 Å². The van der Waals surface area contributed by atoms with Gasteiger partial charge < -0.3 is 10.2 Å². The fraction of sp³-hybridized carbons (Fsp3) is 0.529. The van der Waals surface area contributed by atoms with Gasteiger partial charge in [0.1, 0.15) is 0 Å². The Kier molecular flexibility index (Phi) is 6.93. The zero-order valence-electron chi connectivity index (χ0n) is 14.1. The molecule has 0 unspecified atom stereocenters. The molecule has 136 valence electrons. The second kappa shape index (κ2) is 8.94. The molecule has 1 fully saturated rings. The molecule has 7 nitrogen and oxygen atoms in total. The molecule has 1 saturated heterocycles. The molecule has 0 atom stereocenters. The van der Waals surface area contributed by atoms with Crippen LogP contribution < -0.4 is 10.5 Å². The Morgan fingerprint density at radius 2 is 1.88 bits per heavy atom. The largest absolute Gasteiger partial charge is 0.326 e. The molecule has 1 aliphatic heterocycles. The number of nitrogens with one attached hydrogen (secondary N) is 1. The van der Waals surface area contributed by atoms with Crippen molar-refractivity contribution in [2.75, 3.05) is 25.0 Å². The lowest BCUT2D eigenvalue weighted by atomic mass is 9.95. The summed E-state index contributed by atoms with van der Waals surface area (Å²) in [5.74, 6) is -0.0687. The molecule has 25 heavy (non-hydrogen) atoms. The van der Waals surface area contributed by atoms with Crippen molar-refractivity contribution in [3.63, 3.8) is 0 Å². The average molecular weight is 364 g/mol. The monoisotopic (exact) mass is 364 g/mol. The first kappa shape index (κ1) is 19.4. The summed E-state index contributed by atoms with van der Waals surface area (Å²) in [4.78, 5) is 14.7. The van der Waals surface area contributed by atoms with E-state index in [0.29, 0.717) is 12.1 Å². The number of rotatable bonds is 7. The van der Waals surface area contributed by atoms with Crippen LogP contribution >= 0.6 is 0 Å². The van der Waals surface area contributed by atoms with Gasteiger partial charge in [-0.05, 0) is 69.6 Å². The van der Waals surface area contributed by atoms with Crippen molar-refractivity contribution < 1.29 is 13.2 Å². The third-order valence-electron chi connectivity index (χ3n) is 4.42. The van der Waals surface area contributed by atoms with E-state index >= 15 is 0 Å². The third kappa shape index (κ3) is 6.12. The normalized spacial score (nSPS) is 16.3. The van der Waals surface area contributed by atoms with E-state index in [1.807, 2.05) is 0 Å². The minimum Gasteiger partial charge on any atom is -0.326 e. The molecule has 3 N–H and O–H groups in total. The van der Waals surface area contributed by atoms with Crippen LogP contribution in [-0.2, 0) is 14.8 Å². The number of hydrogen-bond donors (Lipinski definition) is 2. The zero-order chi connectivity index (χ0) is 18.3. The Bertz CT molecular complexity index is 717. The second-order valence-electron chi connectivity index (χ2n) is 6.29. The average Bonchev–Trinajstić information content (AvgIpc) is 2.59. The highest BCUT2D eigenvalue weighted by Gasteiger charge is 2.24. The highest BCUT2D eigenvalue weighted by Crippen LogP contribution is 2.20. The number of nitriles is 1. The summed E-state index contributed by atoms with van der Waals surface area (Å²) in [5, 5.41) is 16.4. The Balaban J connectivity index is 1.78. The number of piperidine rings is 1. The predicted octanol–water partition coefficient (Wildman–Crippen LogP) is 1.68. The quantitative estimate of drug-likeness (QED) is 0.714. The standard InChI is InChI=1S/C17H24N4O3S/c18-10-2-1-3-11-21-12-8-14(9-13-21)17(22)20-15-4-6-16(7-5-15)25(19,23)24/h4-7,14H,1-3,8-9,11-13H2,(H,20,22)(H2,19,23,24). The van der Waals surface area contributed by atoms with Crippen molar-refractivity contribution in [1.82, 2.24) is 4.90 Å². The molecule has 1 heterocycles. The van der Waals surface area contributed by atoms with Crippen LogP contribution in [0.3, 0.4) is 0 Å². The summed E-state index contributed by atoms with van der Waals surface area (Å²) in [6.45, 7) is 2.75. The van der Waals surface area contributed by atoms with E-state index in [-0.39, 0.29) is 16.7 Å². The van der Waals surface area contributed by atoms with Crippen molar-refractivity contribution in [2.24, 2.45) is 11.1 Å². The molecule has 1 amide bonds. The fourth-order valence-corrected chi connectivity index (χ4v) is 3.45. The van der Waals surface area contributed by atoms with Crippen molar-refractivity contribution in [3.8, 4) is 6.07 Å². The molecule has 8 heteroatoms. The zero-order valence-corrected chi connectivity index (χ0v) is 15.0. The topological polar surface area (TPSA) is 116 Å². The lowest BCUT2D eigenvalue weighted by Crippen LogP contribution is -2.38. The number of primary sulfonamides is 1. The first-order valence-corrected chi connectivity index (χ1v) is 9.98. The molecular formula is C17H24N4O3S. The van der Waals surface area contributed by atoms with E-state index in [2.05, 4.69) is 16.3 Å². The summed E-state index contributed by atoms with van der Waals surface area (Å²) in [7, 11) is -3.72. The highest BCUT2D eigenvalue weighted by molar-refractivity contribution is 7.89. The van der Waals surface area contributed by atoms with Crippen molar-refractivity contribution >= 4 is 21.6 Å². The van der Waals surface area contributed by atoms with Gasteiger partial charge in [0.15, 0.2) is 0 Å². The summed E-state index contributed by atoms with van der Waals surface area (Å²) in [6.07, 6.45) is 4.15. The molecule has 1 aliphatic rings. The molecule has 1 aromatic rings. The number of anilines is 1. The number of likely N-dealkylation sites (tertiary alicyclic amines) is 1. The molecule has 1 aromatic carbocycles. The van der Waals surface area contributed by atoms with Crippen LogP contribution in [0.15, 0.2) is 29.2 Å². The van der Waals surface area contributed by atoms with Crippen molar-refractivity contribution in [3.05, 3.63) is 24.3 Å². The van der Waals surface area contributed by atoms with Crippen LogP contribution in [0.4, 0.5) is 5.69 Å². The van der Waals surface area contributed by atoms with Gasteiger partial charge in [0.05, 0.1) is 11.0 Å². The predicted molar refractivity (Wildman–Crippen MR) is 95.1 cm³/mol. The number of amides is 1. The first-order chi connectivity index (χ1) is 11.9. The summed E-state index contributed by atoms with van der Waals surface area (Å²) in [5.41, 5.74) is 0.566. The minimum absolute atomic E-state index is 0.0233. The van der Waals surface area contributed by atoms with E-state index in [1.165, 1.54) is 12.1 Å². The molecular weight excluding hydrogens is 340 g/mol. The number of benzene rings is 1. The van der Waals surface area contributed by atoms with Crippen molar-refractivity contribution in [2.45, 2.75) is 37.0 Å². The summed E-state index contributed by atoms with van der Waals surface area (Å²) < 4.78 is 22.5. The molecule has 0 aromatic heterocycles. The number of hydrogen-bond acceptors (Lipinski definition) is 5. The Morgan fingerprint density at radius 1 is 1.24 bits per heavy atom. The van der Waals surface area contributed by atoms with Gasteiger partial charge in [-0.25, -0.2) is 13.6 Å². The van der Waals surface area contributed by atoms with Crippen LogP contribution in [0.1, 0.15) is 32.1 Å². The van der Waals surface area contributed by atoms with Gasteiger partial charge in [-0.3, -0.25) is 4.79 Å². The smallest absolute Gasteiger partial charge is 0.238 e. The van der Waals surface area contributed by atoms with E-state index in [1.54, 1.807) is 12.1 Å². The summed E-state index contributed by atoms with van der Waals surface area (Å²) in [6, 6.07) is 8.01. The van der Waals surface area contributed by atoms with Gasteiger partial charge in [0, 0.05) is 18.0 Å². The fourth-order valence-electron chi connectivity index (χ4n) is 2.93. The van der Waals surface area contributed by atoms with Gasteiger partial charge in [-0.15, -0.1) is 0 Å². The number of carbonyl (C=O) groups excluding carboxylic acids is 1. The van der Waals surface area contributed by atoms with Crippen LogP contribution in [0.2, 0.25) is 0 Å². The van der Waals surface area contributed by atoms with E-state index in [9.17, 15) is 13.2 Å². The second-order valence-corrected chi connectivity index (χ2v) is 7.85. The maximum Gasteiger partial charge on any atom is 0.238 e. The molecule has 2 rings (SSSR count). The van der Waals surface area contributed by atoms with E-state index in [4.69, 9.17) is 10.4 Å². The minimum atomic E-state index is -3.72. The molecule has 0 saturated carbocycles. The number of nitrogens with zero attached hydrogens (tertiary/aromatic N) is 2. The first-order valence-electron chi connectivity index (χ1n) is 8.43.